The average Bonchev–Trinajstić information content (AvgIpc) is 2.76. The summed E-state index contributed by atoms with van der Waals surface area (Å²) in [6, 6.07) is 6.82. The summed E-state index contributed by atoms with van der Waals surface area (Å²) in [5.74, 6) is 5.46. The highest BCUT2D eigenvalue weighted by atomic mass is 19.1. The molecule has 0 saturated heterocycles. The van der Waals surface area contributed by atoms with E-state index in [1.165, 1.54) is 6.07 Å². The Morgan fingerprint density at radius 1 is 1.37 bits per heavy atom. The summed E-state index contributed by atoms with van der Waals surface area (Å²) < 4.78 is 15.3. The maximum Gasteiger partial charge on any atom is 0.126 e. The molecule has 0 bridgehead atoms. The number of nitrogens with zero attached hydrogens (tertiary/aromatic N) is 2. The van der Waals surface area contributed by atoms with E-state index in [4.69, 9.17) is 5.84 Å². The monoisotopic (exact) mass is 262 g/mol. The molecule has 0 spiro atoms. The molecule has 1 atom stereocenters. The molecule has 0 fully saturated rings. The zero-order valence-corrected chi connectivity index (χ0v) is 11.4. The summed E-state index contributed by atoms with van der Waals surface area (Å²) in [6.45, 7) is 6.48. The van der Waals surface area contributed by atoms with Gasteiger partial charge in [-0.05, 0) is 44.0 Å². The average molecular weight is 262 g/mol. The first-order chi connectivity index (χ1) is 9.06. The Morgan fingerprint density at radius 3 is 2.68 bits per heavy atom. The summed E-state index contributed by atoms with van der Waals surface area (Å²) in [5.41, 5.74) is 6.24. The molecule has 102 valence electrons. The van der Waals surface area contributed by atoms with E-state index in [1.54, 1.807) is 13.0 Å². The highest BCUT2D eigenvalue weighted by molar-refractivity contribution is 5.32. The fraction of sp³-hybridized carbons (Fsp3) is 0.357. The zero-order chi connectivity index (χ0) is 14.0. The molecule has 3 N–H and O–H groups in total. The van der Waals surface area contributed by atoms with E-state index in [0.29, 0.717) is 5.56 Å². The molecule has 19 heavy (non-hydrogen) atoms. The first-order valence-electron chi connectivity index (χ1n) is 6.33. The van der Waals surface area contributed by atoms with Crippen LogP contribution in [0.3, 0.4) is 0 Å². The molecule has 2 aromatic rings. The van der Waals surface area contributed by atoms with E-state index >= 15 is 0 Å². The summed E-state index contributed by atoms with van der Waals surface area (Å²) >= 11 is 0. The molecule has 4 nitrogen and oxygen atoms in total. The third kappa shape index (κ3) is 2.67. The number of nitrogens with one attached hydrogen (secondary N) is 1. The maximum absolute atomic E-state index is 13.3. The minimum absolute atomic E-state index is 0.194. The second kappa shape index (κ2) is 5.50. The standard InChI is InChI=1S/C14H19FN4/c1-4-19-13(8-10(3)18-19)14(17-16)11-5-6-12(15)9(2)7-11/h5-8,14,17H,4,16H2,1-3H3. The van der Waals surface area contributed by atoms with Gasteiger partial charge >= 0.3 is 0 Å². The predicted molar refractivity (Wildman–Crippen MR) is 72.9 cm³/mol. The minimum atomic E-state index is -0.209. The van der Waals surface area contributed by atoms with Gasteiger partial charge in [-0.1, -0.05) is 12.1 Å². The lowest BCUT2D eigenvalue weighted by atomic mass is 10.0. The number of hydrazine groups is 1. The number of aromatic nitrogens is 2. The SMILES string of the molecule is CCn1nc(C)cc1C(NN)c1ccc(F)c(C)c1. The van der Waals surface area contributed by atoms with Crippen molar-refractivity contribution in [2.75, 3.05) is 0 Å². The van der Waals surface area contributed by atoms with Gasteiger partial charge in [-0.25, -0.2) is 9.82 Å². The first-order valence-corrected chi connectivity index (χ1v) is 6.33. The molecule has 1 aromatic heterocycles. The largest absolute Gasteiger partial charge is 0.271 e. The molecule has 0 amide bonds. The topological polar surface area (TPSA) is 55.9 Å². The van der Waals surface area contributed by atoms with Crippen LogP contribution in [0.15, 0.2) is 24.3 Å². The molecule has 2 rings (SSSR count). The summed E-state index contributed by atoms with van der Waals surface area (Å²) in [7, 11) is 0. The molecular formula is C14H19FN4. The van der Waals surface area contributed by atoms with Crippen LogP contribution in [0.25, 0.3) is 0 Å². The Labute approximate surface area is 112 Å². The van der Waals surface area contributed by atoms with Crippen molar-refractivity contribution in [1.29, 1.82) is 0 Å². The van der Waals surface area contributed by atoms with Gasteiger partial charge in [0, 0.05) is 6.54 Å². The lowest BCUT2D eigenvalue weighted by Gasteiger charge is -2.18. The van der Waals surface area contributed by atoms with Gasteiger partial charge in [0.05, 0.1) is 17.4 Å². The number of nitrogens with two attached hydrogens (primary N) is 1. The highest BCUT2D eigenvalue weighted by Crippen LogP contribution is 2.24. The van der Waals surface area contributed by atoms with E-state index in [-0.39, 0.29) is 11.9 Å². The molecule has 0 aliphatic heterocycles. The maximum atomic E-state index is 13.3. The van der Waals surface area contributed by atoms with Crippen LogP contribution in [0.1, 0.15) is 35.5 Å². The van der Waals surface area contributed by atoms with Crippen LogP contribution in [0.4, 0.5) is 4.39 Å². The molecular weight excluding hydrogens is 243 g/mol. The van der Waals surface area contributed by atoms with E-state index < -0.39 is 0 Å². The van der Waals surface area contributed by atoms with E-state index in [0.717, 1.165) is 23.5 Å². The Kier molecular flexibility index (Phi) is 3.97. The molecule has 1 heterocycles. The third-order valence-electron chi connectivity index (χ3n) is 3.21. The number of benzene rings is 1. The van der Waals surface area contributed by atoms with Crippen molar-refractivity contribution in [2.24, 2.45) is 5.84 Å². The normalized spacial score (nSPS) is 12.7. The van der Waals surface area contributed by atoms with Crippen LogP contribution in [0, 0.1) is 19.7 Å². The van der Waals surface area contributed by atoms with E-state index in [2.05, 4.69) is 10.5 Å². The van der Waals surface area contributed by atoms with Crippen molar-refractivity contribution >= 4 is 0 Å². The Morgan fingerprint density at radius 2 is 2.11 bits per heavy atom. The van der Waals surface area contributed by atoms with Crippen molar-refractivity contribution in [3.63, 3.8) is 0 Å². The second-order valence-corrected chi connectivity index (χ2v) is 4.63. The van der Waals surface area contributed by atoms with Crippen molar-refractivity contribution in [3.8, 4) is 0 Å². The molecule has 0 aliphatic carbocycles. The van der Waals surface area contributed by atoms with Crippen LogP contribution >= 0.6 is 0 Å². The van der Waals surface area contributed by atoms with Gasteiger partial charge in [0.1, 0.15) is 5.82 Å². The highest BCUT2D eigenvalue weighted by Gasteiger charge is 2.18. The Hall–Kier alpha value is -1.72. The first kappa shape index (κ1) is 13.7. The second-order valence-electron chi connectivity index (χ2n) is 4.63. The summed E-state index contributed by atoms with van der Waals surface area (Å²) in [4.78, 5) is 0. The molecule has 1 unspecified atom stereocenters. The Bertz CT molecular complexity index is 577. The van der Waals surface area contributed by atoms with E-state index in [9.17, 15) is 4.39 Å². The van der Waals surface area contributed by atoms with Crippen LogP contribution in [0.2, 0.25) is 0 Å². The number of rotatable bonds is 4. The van der Waals surface area contributed by atoms with Gasteiger partial charge in [-0.2, -0.15) is 5.10 Å². The number of halogens is 1. The number of hydrogen-bond donors (Lipinski definition) is 2. The molecule has 5 heteroatoms. The van der Waals surface area contributed by atoms with Gasteiger partial charge in [-0.15, -0.1) is 0 Å². The molecule has 0 radical (unpaired) electrons. The van der Waals surface area contributed by atoms with E-state index in [1.807, 2.05) is 30.7 Å². The predicted octanol–water partition coefficient (Wildman–Crippen LogP) is 2.21. The minimum Gasteiger partial charge on any atom is -0.271 e. The van der Waals surface area contributed by atoms with Crippen molar-refractivity contribution in [2.45, 2.75) is 33.4 Å². The van der Waals surface area contributed by atoms with Gasteiger partial charge in [-0.3, -0.25) is 10.5 Å². The fourth-order valence-corrected chi connectivity index (χ4v) is 2.25. The van der Waals surface area contributed by atoms with Crippen molar-refractivity contribution < 1.29 is 4.39 Å². The third-order valence-corrected chi connectivity index (χ3v) is 3.21. The molecule has 1 aromatic carbocycles. The molecule has 0 saturated carbocycles. The lowest BCUT2D eigenvalue weighted by Crippen LogP contribution is -2.30. The van der Waals surface area contributed by atoms with Crippen LogP contribution in [-0.2, 0) is 6.54 Å². The van der Waals surface area contributed by atoms with Crippen LogP contribution in [0.5, 0.6) is 0 Å². The van der Waals surface area contributed by atoms with Gasteiger partial charge in [0.2, 0.25) is 0 Å². The van der Waals surface area contributed by atoms with Crippen LogP contribution in [-0.4, -0.2) is 9.78 Å². The van der Waals surface area contributed by atoms with Gasteiger partial charge < -0.3 is 0 Å². The molecule has 0 aliphatic rings. The lowest BCUT2D eigenvalue weighted by molar-refractivity contribution is 0.540. The Balaban J connectivity index is 2.46. The smallest absolute Gasteiger partial charge is 0.126 e. The van der Waals surface area contributed by atoms with Crippen LogP contribution < -0.4 is 11.3 Å². The number of aryl methyl sites for hydroxylation is 3. The quantitative estimate of drug-likeness (QED) is 0.656. The fourth-order valence-electron chi connectivity index (χ4n) is 2.25. The summed E-state index contributed by atoms with van der Waals surface area (Å²) in [6.07, 6.45) is 0. The number of hydrogen-bond acceptors (Lipinski definition) is 3. The van der Waals surface area contributed by atoms with Crippen molar-refractivity contribution in [1.82, 2.24) is 15.2 Å². The van der Waals surface area contributed by atoms with Crippen molar-refractivity contribution in [3.05, 3.63) is 52.6 Å². The zero-order valence-electron chi connectivity index (χ0n) is 11.4. The summed E-state index contributed by atoms with van der Waals surface area (Å²) in [5, 5.41) is 4.41. The van der Waals surface area contributed by atoms with Gasteiger partial charge in [0.15, 0.2) is 0 Å². The van der Waals surface area contributed by atoms with Gasteiger partial charge in [0.25, 0.3) is 0 Å².